The number of rotatable bonds is 3. The van der Waals surface area contributed by atoms with E-state index in [9.17, 15) is 9.18 Å². The molecule has 4 rings (SSSR count). The lowest BCUT2D eigenvalue weighted by Gasteiger charge is -1.99. The highest BCUT2D eigenvalue weighted by atomic mass is 19.1. The number of aromatic amines is 1. The second-order valence-electron chi connectivity index (χ2n) is 5.42. The van der Waals surface area contributed by atoms with Gasteiger partial charge in [0.2, 0.25) is 0 Å². The molecular formula is C18H13FN4O2. The number of ether oxygens (including phenoxy) is 1. The Bertz CT molecular complexity index is 1180. The summed E-state index contributed by atoms with van der Waals surface area (Å²) in [6, 6.07) is 11.6. The molecule has 0 spiro atoms. The topological polar surface area (TPSA) is 72.3 Å². The highest BCUT2D eigenvalue weighted by molar-refractivity contribution is 6.04. The van der Waals surface area contributed by atoms with Crippen molar-refractivity contribution in [3.05, 3.63) is 70.5 Å². The summed E-state index contributed by atoms with van der Waals surface area (Å²) in [5, 5.41) is 4.84. The molecule has 0 aliphatic heterocycles. The lowest BCUT2D eigenvalue weighted by molar-refractivity contribution is 0.415. The molecule has 4 aromatic rings. The van der Waals surface area contributed by atoms with Crippen molar-refractivity contribution in [1.29, 1.82) is 0 Å². The average molecular weight is 336 g/mol. The largest absolute Gasteiger partial charge is 0.497 e. The van der Waals surface area contributed by atoms with Crippen molar-refractivity contribution >= 4 is 28.2 Å². The predicted molar refractivity (Wildman–Crippen MR) is 93.8 cm³/mol. The number of hydrogen-bond acceptors (Lipinski definition) is 4. The lowest BCUT2D eigenvalue weighted by Crippen LogP contribution is -2.17. The van der Waals surface area contributed by atoms with E-state index in [1.165, 1.54) is 18.6 Å². The minimum absolute atomic E-state index is 0.288. The van der Waals surface area contributed by atoms with E-state index >= 15 is 0 Å². The van der Waals surface area contributed by atoms with Crippen molar-refractivity contribution < 1.29 is 9.13 Å². The van der Waals surface area contributed by atoms with E-state index in [0.717, 1.165) is 15.6 Å². The number of nitrogens with zero attached hydrogens (tertiary/aromatic N) is 3. The smallest absolute Gasteiger partial charge is 0.298 e. The Morgan fingerprint density at radius 3 is 2.92 bits per heavy atom. The second kappa shape index (κ2) is 5.86. The molecule has 6 nitrogen and oxygen atoms in total. The van der Waals surface area contributed by atoms with Crippen molar-refractivity contribution in [2.24, 2.45) is 5.10 Å². The number of benzene rings is 2. The molecule has 7 heteroatoms. The maximum atomic E-state index is 13.6. The molecule has 2 aromatic carbocycles. The lowest BCUT2D eigenvalue weighted by atomic mass is 10.2. The zero-order valence-corrected chi connectivity index (χ0v) is 13.2. The van der Waals surface area contributed by atoms with Crippen molar-refractivity contribution in [3.8, 4) is 5.75 Å². The fraction of sp³-hybridized carbons (Fsp3) is 0.0556. The standard InChI is InChI=1S/C18H13FN4O2/c1-25-12-6-7-13-15(8-12)22-17-16(13)20-10-23(18(17)24)21-9-11-4-2-3-5-14(11)19/h2-10,22H,1H3. The summed E-state index contributed by atoms with van der Waals surface area (Å²) in [6.45, 7) is 0. The second-order valence-corrected chi connectivity index (χ2v) is 5.42. The molecule has 0 unspecified atom stereocenters. The van der Waals surface area contributed by atoms with E-state index in [2.05, 4.69) is 15.1 Å². The fourth-order valence-electron chi connectivity index (χ4n) is 2.64. The molecule has 0 radical (unpaired) electrons. The van der Waals surface area contributed by atoms with Crippen molar-refractivity contribution in [2.45, 2.75) is 0 Å². The van der Waals surface area contributed by atoms with Crippen LogP contribution >= 0.6 is 0 Å². The maximum absolute atomic E-state index is 13.6. The first-order valence-corrected chi connectivity index (χ1v) is 7.53. The number of halogens is 1. The van der Waals surface area contributed by atoms with Crippen LogP contribution in [0.2, 0.25) is 0 Å². The Morgan fingerprint density at radius 2 is 2.12 bits per heavy atom. The molecule has 25 heavy (non-hydrogen) atoms. The summed E-state index contributed by atoms with van der Waals surface area (Å²) < 4.78 is 19.9. The van der Waals surface area contributed by atoms with Crippen LogP contribution in [0.4, 0.5) is 4.39 Å². The van der Waals surface area contributed by atoms with Gasteiger partial charge in [0.15, 0.2) is 0 Å². The van der Waals surface area contributed by atoms with Crippen molar-refractivity contribution in [1.82, 2.24) is 14.6 Å². The van der Waals surface area contributed by atoms with Gasteiger partial charge in [-0.05, 0) is 18.2 Å². The molecular weight excluding hydrogens is 323 g/mol. The van der Waals surface area contributed by atoms with E-state index in [0.29, 0.717) is 16.8 Å². The highest BCUT2D eigenvalue weighted by Crippen LogP contribution is 2.25. The Hall–Kier alpha value is -3.48. The first-order valence-electron chi connectivity index (χ1n) is 7.53. The molecule has 2 heterocycles. The van der Waals surface area contributed by atoms with Crippen LogP contribution in [-0.2, 0) is 0 Å². The number of aromatic nitrogens is 3. The molecule has 2 aromatic heterocycles. The van der Waals surface area contributed by atoms with Gasteiger partial charge in [0.1, 0.15) is 28.9 Å². The SMILES string of the molecule is COc1ccc2c(c1)[nH]c1c(=O)n(N=Cc3ccccc3F)cnc12. The van der Waals surface area contributed by atoms with Crippen LogP contribution in [0.3, 0.4) is 0 Å². The monoisotopic (exact) mass is 336 g/mol. The van der Waals surface area contributed by atoms with Gasteiger partial charge in [0, 0.05) is 17.0 Å². The number of H-pyrrole nitrogens is 1. The minimum Gasteiger partial charge on any atom is -0.497 e. The quantitative estimate of drug-likeness (QED) is 0.585. The highest BCUT2D eigenvalue weighted by Gasteiger charge is 2.11. The van der Waals surface area contributed by atoms with Crippen molar-refractivity contribution in [3.63, 3.8) is 0 Å². The third kappa shape index (κ3) is 2.55. The number of hydrogen-bond donors (Lipinski definition) is 1. The van der Waals surface area contributed by atoms with Crippen LogP contribution in [0.5, 0.6) is 5.75 Å². The van der Waals surface area contributed by atoms with Gasteiger partial charge in [-0.2, -0.15) is 9.78 Å². The predicted octanol–water partition coefficient (Wildman–Crippen LogP) is 2.91. The number of fused-ring (bicyclic) bond motifs is 3. The van der Waals surface area contributed by atoms with E-state index in [1.807, 2.05) is 6.07 Å². The summed E-state index contributed by atoms with van der Waals surface area (Å²) in [5.74, 6) is 0.267. The van der Waals surface area contributed by atoms with Crippen LogP contribution in [0.15, 0.2) is 58.7 Å². The van der Waals surface area contributed by atoms with Gasteiger partial charge >= 0.3 is 0 Å². The van der Waals surface area contributed by atoms with Gasteiger partial charge in [0.05, 0.1) is 18.8 Å². The molecule has 0 aliphatic carbocycles. The molecule has 0 amide bonds. The van der Waals surface area contributed by atoms with Crippen LogP contribution in [0.25, 0.3) is 21.9 Å². The minimum atomic E-state index is -0.411. The van der Waals surface area contributed by atoms with Gasteiger partial charge in [-0.25, -0.2) is 9.37 Å². The fourth-order valence-corrected chi connectivity index (χ4v) is 2.64. The zero-order valence-electron chi connectivity index (χ0n) is 13.2. The first-order chi connectivity index (χ1) is 12.2. The molecule has 0 atom stereocenters. The third-order valence-corrected chi connectivity index (χ3v) is 3.92. The summed E-state index contributed by atoms with van der Waals surface area (Å²) >= 11 is 0. The molecule has 0 aliphatic rings. The van der Waals surface area contributed by atoms with E-state index in [4.69, 9.17) is 4.74 Å². The Kier molecular flexibility index (Phi) is 3.53. The van der Waals surface area contributed by atoms with Crippen LogP contribution in [0, 0.1) is 5.82 Å². The normalized spacial score (nSPS) is 11.6. The van der Waals surface area contributed by atoms with E-state index < -0.39 is 5.82 Å². The maximum Gasteiger partial charge on any atom is 0.298 e. The first kappa shape index (κ1) is 15.1. The van der Waals surface area contributed by atoms with Gasteiger partial charge < -0.3 is 9.72 Å². The number of nitrogens with one attached hydrogen (secondary N) is 1. The molecule has 0 bridgehead atoms. The van der Waals surface area contributed by atoms with E-state index in [-0.39, 0.29) is 11.1 Å². The van der Waals surface area contributed by atoms with Gasteiger partial charge in [-0.3, -0.25) is 4.79 Å². The summed E-state index contributed by atoms with van der Waals surface area (Å²) in [7, 11) is 1.58. The molecule has 0 saturated carbocycles. The number of methoxy groups -OCH3 is 1. The summed E-state index contributed by atoms with van der Waals surface area (Å²) in [5.41, 5.74) is 1.55. The van der Waals surface area contributed by atoms with Crippen molar-refractivity contribution in [2.75, 3.05) is 7.11 Å². The van der Waals surface area contributed by atoms with E-state index in [1.54, 1.807) is 37.4 Å². The van der Waals surface area contributed by atoms with Gasteiger partial charge in [-0.1, -0.05) is 18.2 Å². The van der Waals surface area contributed by atoms with Crippen LogP contribution in [-0.4, -0.2) is 28.0 Å². The summed E-state index contributed by atoms with van der Waals surface area (Å²) in [4.78, 5) is 20.0. The Labute approximate surface area is 141 Å². The van der Waals surface area contributed by atoms with Crippen LogP contribution in [0.1, 0.15) is 5.56 Å². The average Bonchev–Trinajstić information content (AvgIpc) is 3.01. The Balaban J connectivity index is 1.84. The third-order valence-electron chi connectivity index (χ3n) is 3.92. The molecule has 0 fully saturated rings. The van der Waals surface area contributed by atoms with Gasteiger partial charge in [0.25, 0.3) is 5.56 Å². The van der Waals surface area contributed by atoms with Gasteiger partial charge in [-0.15, -0.1) is 0 Å². The molecule has 1 N–H and O–H groups in total. The zero-order chi connectivity index (χ0) is 17.4. The molecule has 0 saturated heterocycles. The summed E-state index contributed by atoms with van der Waals surface area (Å²) in [6.07, 6.45) is 2.61. The molecule has 124 valence electrons. The van der Waals surface area contributed by atoms with Crippen LogP contribution < -0.4 is 10.3 Å². The Morgan fingerprint density at radius 1 is 1.28 bits per heavy atom.